The molecule has 0 radical (unpaired) electrons. The molecular weight excluding hydrogens is 328 g/mol. The average molecular weight is 352 g/mol. The Morgan fingerprint density at radius 3 is 2.81 bits per heavy atom. The van der Waals surface area contributed by atoms with Crippen LogP contribution >= 0.6 is 0 Å². The highest BCUT2D eigenvalue weighted by Gasteiger charge is 2.28. The molecule has 0 bridgehead atoms. The Kier molecular flexibility index (Phi) is 5.63. The molecular formula is C20H24N4O2. The van der Waals surface area contributed by atoms with Crippen LogP contribution in [0.4, 0.5) is 5.69 Å². The lowest BCUT2D eigenvalue weighted by Gasteiger charge is -2.31. The van der Waals surface area contributed by atoms with Crippen molar-refractivity contribution in [1.29, 1.82) is 0 Å². The minimum Gasteiger partial charge on any atom is -0.354 e. The second-order valence-corrected chi connectivity index (χ2v) is 6.71. The van der Waals surface area contributed by atoms with Gasteiger partial charge in [-0.25, -0.2) is 0 Å². The number of anilines is 1. The standard InChI is InChI=1S/C20H24N4O2/c1-23(13-16-7-5-6-10-21-16)14-19(25)22-12-15-11-20(26)24(2)18-9-4-3-8-17(15)18/h3-10,15H,11-14H2,1-2H3,(H,22,25)/t15-/m1/s1. The Hall–Kier alpha value is -2.73. The van der Waals surface area contributed by atoms with Gasteiger partial charge in [-0.1, -0.05) is 24.3 Å². The van der Waals surface area contributed by atoms with Gasteiger partial charge >= 0.3 is 0 Å². The summed E-state index contributed by atoms with van der Waals surface area (Å²) in [5.74, 6) is 0.0439. The fourth-order valence-electron chi connectivity index (χ4n) is 3.27. The Morgan fingerprint density at radius 1 is 1.27 bits per heavy atom. The fourth-order valence-corrected chi connectivity index (χ4v) is 3.27. The van der Waals surface area contributed by atoms with Gasteiger partial charge in [-0.3, -0.25) is 19.5 Å². The number of carbonyl (C=O) groups is 2. The normalized spacial score (nSPS) is 16.5. The predicted octanol–water partition coefficient (Wildman–Crippen LogP) is 1.78. The lowest BCUT2D eigenvalue weighted by atomic mass is 9.89. The maximum atomic E-state index is 12.3. The number of nitrogens with one attached hydrogen (secondary N) is 1. The topological polar surface area (TPSA) is 65.5 Å². The van der Waals surface area contributed by atoms with Gasteiger partial charge in [-0.05, 0) is 30.8 Å². The van der Waals surface area contributed by atoms with Crippen LogP contribution in [-0.2, 0) is 16.1 Å². The Bertz CT molecular complexity index is 778. The van der Waals surface area contributed by atoms with Crippen LogP contribution in [0, 0.1) is 0 Å². The lowest BCUT2D eigenvalue weighted by Crippen LogP contribution is -2.40. The highest BCUT2D eigenvalue weighted by Crippen LogP contribution is 2.34. The van der Waals surface area contributed by atoms with Crippen LogP contribution in [0.3, 0.4) is 0 Å². The van der Waals surface area contributed by atoms with Crippen molar-refractivity contribution < 1.29 is 9.59 Å². The summed E-state index contributed by atoms with van der Waals surface area (Å²) < 4.78 is 0. The first-order chi connectivity index (χ1) is 12.5. The summed E-state index contributed by atoms with van der Waals surface area (Å²) in [7, 11) is 3.69. The minimum absolute atomic E-state index is 0.0138. The maximum Gasteiger partial charge on any atom is 0.234 e. The molecule has 0 saturated heterocycles. The maximum absolute atomic E-state index is 12.3. The third-order valence-corrected chi connectivity index (χ3v) is 4.65. The monoisotopic (exact) mass is 352 g/mol. The molecule has 1 aromatic carbocycles. The van der Waals surface area contributed by atoms with Gasteiger partial charge in [0.25, 0.3) is 0 Å². The SMILES string of the molecule is CN(CC(=O)NC[C@H]1CC(=O)N(C)c2ccccc21)Cc1ccccn1. The van der Waals surface area contributed by atoms with Crippen LogP contribution in [-0.4, -0.2) is 48.9 Å². The van der Waals surface area contributed by atoms with Crippen LogP contribution < -0.4 is 10.2 Å². The first kappa shape index (κ1) is 18.1. The molecule has 1 atom stereocenters. The fraction of sp³-hybridized carbons (Fsp3) is 0.350. The smallest absolute Gasteiger partial charge is 0.234 e. The van der Waals surface area contributed by atoms with E-state index in [1.807, 2.05) is 54.4 Å². The lowest BCUT2D eigenvalue weighted by molar-refractivity contribution is -0.123. The van der Waals surface area contributed by atoms with E-state index in [0.29, 0.717) is 26.1 Å². The van der Waals surface area contributed by atoms with Crippen LogP contribution in [0.1, 0.15) is 23.6 Å². The van der Waals surface area contributed by atoms with E-state index in [-0.39, 0.29) is 17.7 Å². The number of nitrogens with zero attached hydrogens (tertiary/aromatic N) is 3. The number of likely N-dealkylation sites (N-methyl/N-ethyl adjacent to an activating group) is 1. The number of aromatic nitrogens is 1. The number of pyridine rings is 1. The van der Waals surface area contributed by atoms with Gasteiger partial charge < -0.3 is 10.2 Å². The number of carbonyl (C=O) groups excluding carboxylic acids is 2. The largest absolute Gasteiger partial charge is 0.354 e. The predicted molar refractivity (Wildman–Crippen MR) is 101 cm³/mol. The number of para-hydroxylation sites is 1. The summed E-state index contributed by atoms with van der Waals surface area (Å²) in [6.45, 7) is 1.37. The molecule has 0 fully saturated rings. The minimum atomic E-state index is -0.0488. The van der Waals surface area contributed by atoms with Crippen LogP contribution in [0.25, 0.3) is 0 Å². The van der Waals surface area contributed by atoms with Crippen molar-refractivity contribution in [1.82, 2.24) is 15.2 Å². The van der Waals surface area contributed by atoms with E-state index in [0.717, 1.165) is 16.9 Å². The molecule has 0 saturated carbocycles. The molecule has 6 nitrogen and oxygen atoms in total. The van der Waals surface area contributed by atoms with Gasteiger partial charge in [0.1, 0.15) is 0 Å². The molecule has 0 aliphatic carbocycles. The molecule has 1 aliphatic heterocycles. The molecule has 2 amide bonds. The Morgan fingerprint density at radius 2 is 2.04 bits per heavy atom. The number of rotatable bonds is 6. The van der Waals surface area contributed by atoms with Crippen molar-refractivity contribution in [3.05, 3.63) is 59.9 Å². The van der Waals surface area contributed by atoms with E-state index in [1.54, 1.807) is 18.1 Å². The van der Waals surface area contributed by atoms with E-state index in [9.17, 15) is 9.59 Å². The van der Waals surface area contributed by atoms with Crippen molar-refractivity contribution >= 4 is 17.5 Å². The first-order valence-corrected chi connectivity index (χ1v) is 8.75. The van der Waals surface area contributed by atoms with Crippen molar-refractivity contribution in [3.8, 4) is 0 Å². The van der Waals surface area contributed by atoms with Crippen LogP contribution in [0.15, 0.2) is 48.7 Å². The summed E-state index contributed by atoms with van der Waals surface area (Å²) in [6, 6.07) is 13.6. The van der Waals surface area contributed by atoms with E-state index in [1.165, 1.54) is 0 Å². The summed E-state index contributed by atoms with van der Waals surface area (Å²) in [6.07, 6.45) is 2.16. The highest BCUT2D eigenvalue weighted by molar-refractivity contribution is 5.96. The van der Waals surface area contributed by atoms with Gasteiger partial charge in [-0.15, -0.1) is 0 Å². The molecule has 136 valence electrons. The molecule has 2 heterocycles. The summed E-state index contributed by atoms with van der Waals surface area (Å²) in [4.78, 5) is 32.3. The average Bonchev–Trinajstić information content (AvgIpc) is 2.64. The quantitative estimate of drug-likeness (QED) is 0.861. The molecule has 0 spiro atoms. The van der Waals surface area contributed by atoms with Crippen molar-refractivity contribution in [2.45, 2.75) is 18.9 Å². The van der Waals surface area contributed by atoms with Gasteiger partial charge in [0.2, 0.25) is 11.8 Å². The number of amides is 2. The summed E-state index contributed by atoms with van der Waals surface area (Å²) >= 11 is 0. The van der Waals surface area contributed by atoms with Gasteiger partial charge in [0, 0.05) is 44.4 Å². The molecule has 26 heavy (non-hydrogen) atoms. The number of hydrogen-bond donors (Lipinski definition) is 1. The zero-order valence-electron chi connectivity index (χ0n) is 15.2. The van der Waals surface area contributed by atoms with Crippen LogP contribution in [0.5, 0.6) is 0 Å². The molecule has 6 heteroatoms. The zero-order valence-corrected chi connectivity index (χ0v) is 15.2. The highest BCUT2D eigenvalue weighted by atomic mass is 16.2. The molecule has 0 unspecified atom stereocenters. The molecule has 2 aromatic rings. The molecule has 1 aromatic heterocycles. The second kappa shape index (κ2) is 8.10. The van der Waals surface area contributed by atoms with Gasteiger partial charge in [0.15, 0.2) is 0 Å². The van der Waals surface area contributed by atoms with Gasteiger partial charge in [-0.2, -0.15) is 0 Å². The third-order valence-electron chi connectivity index (χ3n) is 4.65. The molecule has 1 N–H and O–H groups in total. The summed E-state index contributed by atoms with van der Waals surface area (Å²) in [5.41, 5.74) is 2.96. The molecule has 1 aliphatic rings. The van der Waals surface area contributed by atoms with Crippen molar-refractivity contribution in [2.75, 3.05) is 32.1 Å². The van der Waals surface area contributed by atoms with Crippen LogP contribution in [0.2, 0.25) is 0 Å². The second-order valence-electron chi connectivity index (χ2n) is 6.71. The number of fused-ring (bicyclic) bond motifs is 1. The van der Waals surface area contributed by atoms with Gasteiger partial charge in [0.05, 0.1) is 12.2 Å². The zero-order chi connectivity index (χ0) is 18.5. The van der Waals surface area contributed by atoms with E-state index >= 15 is 0 Å². The van der Waals surface area contributed by atoms with Crippen molar-refractivity contribution in [3.63, 3.8) is 0 Å². The van der Waals surface area contributed by atoms with E-state index < -0.39 is 0 Å². The summed E-state index contributed by atoms with van der Waals surface area (Å²) in [5, 5.41) is 2.97. The van der Waals surface area contributed by atoms with Crippen molar-refractivity contribution in [2.24, 2.45) is 0 Å². The molecule has 3 rings (SSSR count). The van der Waals surface area contributed by atoms with E-state index in [4.69, 9.17) is 0 Å². The number of benzene rings is 1. The van der Waals surface area contributed by atoms with E-state index in [2.05, 4.69) is 10.3 Å². The Labute approximate surface area is 153 Å². The first-order valence-electron chi connectivity index (χ1n) is 8.75. The Balaban J connectivity index is 1.54. The number of hydrogen-bond acceptors (Lipinski definition) is 4. The third kappa shape index (κ3) is 4.26.